The van der Waals surface area contributed by atoms with E-state index in [-0.39, 0.29) is 12.1 Å². The van der Waals surface area contributed by atoms with Gasteiger partial charge in [-0.25, -0.2) is 9.78 Å². The van der Waals surface area contributed by atoms with Crippen LogP contribution in [0.3, 0.4) is 0 Å². The fourth-order valence-corrected chi connectivity index (χ4v) is 3.66. The summed E-state index contributed by atoms with van der Waals surface area (Å²) in [5, 5.41) is 3.16. The summed E-state index contributed by atoms with van der Waals surface area (Å²) in [6, 6.07) is 3.45. The van der Waals surface area contributed by atoms with Crippen molar-refractivity contribution in [3.05, 3.63) is 23.9 Å². The lowest BCUT2D eigenvalue weighted by atomic mass is 10.0. The van der Waals surface area contributed by atoms with Crippen LogP contribution in [0, 0.1) is 0 Å². The highest BCUT2D eigenvalue weighted by molar-refractivity contribution is 5.94. The molecule has 30 heavy (non-hydrogen) atoms. The van der Waals surface area contributed by atoms with Gasteiger partial charge in [0.2, 0.25) is 0 Å². The van der Waals surface area contributed by atoms with Crippen LogP contribution < -0.4 is 5.32 Å². The second-order valence-electron chi connectivity index (χ2n) is 8.11. The molecule has 0 aromatic carbocycles. The third-order valence-corrected chi connectivity index (χ3v) is 5.53. The molecular weight excluding hydrogens is 376 g/mol. The molecule has 1 aromatic heterocycles. The zero-order valence-electron chi connectivity index (χ0n) is 19.6. The van der Waals surface area contributed by atoms with E-state index in [1.54, 1.807) is 18.3 Å². The van der Waals surface area contributed by atoms with Gasteiger partial charge < -0.3 is 14.8 Å². The Bertz CT molecular complexity index is 551. The Kier molecular flexibility index (Phi) is 16.0. The Morgan fingerprint density at radius 3 is 2.07 bits per heavy atom. The second-order valence-corrected chi connectivity index (χ2v) is 8.11. The first-order chi connectivity index (χ1) is 14.7. The van der Waals surface area contributed by atoms with E-state index in [1.807, 2.05) is 0 Å². The Morgan fingerprint density at radius 1 is 0.933 bits per heavy atom. The highest BCUT2D eigenvalue weighted by Crippen LogP contribution is 2.18. The number of rotatable bonds is 19. The topological polar surface area (TPSA) is 60.5 Å². The van der Waals surface area contributed by atoms with Crippen LogP contribution in [0.4, 0.5) is 5.82 Å². The van der Waals surface area contributed by atoms with Crippen molar-refractivity contribution in [3.8, 4) is 0 Å². The van der Waals surface area contributed by atoms with Gasteiger partial charge in [0.05, 0.1) is 13.2 Å². The second kappa shape index (κ2) is 18.2. The molecule has 0 radical (unpaired) electrons. The highest BCUT2D eigenvalue weighted by Gasteiger charge is 2.13. The predicted octanol–water partition coefficient (Wildman–Crippen LogP) is 7.12. The third-order valence-electron chi connectivity index (χ3n) is 5.53. The number of carbonyl (C=O) groups excluding carboxylic acids is 1. The lowest BCUT2D eigenvalue weighted by molar-refractivity contribution is 0.0499. The van der Waals surface area contributed by atoms with E-state index in [1.165, 1.54) is 84.2 Å². The summed E-state index contributed by atoms with van der Waals surface area (Å²) in [5.41, 5.74) is 0.437. The summed E-state index contributed by atoms with van der Waals surface area (Å²) < 4.78 is 11.0. The number of aromatic nitrogens is 1. The van der Waals surface area contributed by atoms with Gasteiger partial charge in [-0.1, -0.05) is 90.9 Å². The van der Waals surface area contributed by atoms with Crippen LogP contribution in [0.2, 0.25) is 0 Å². The number of hydrogen-bond acceptors (Lipinski definition) is 5. The monoisotopic (exact) mass is 420 g/mol. The maximum Gasteiger partial charge on any atom is 0.341 e. The minimum atomic E-state index is -0.388. The Morgan fingerprint density at radius 2 is 1.50 bits per heavy atom. The van der Waals surface area contributed by atoms with Crippen molar-refractivity contribution >= 4 is 11.8 Å². The molecule has 5 nitrogen and oxygen atoms in total. The Labute approximate surface area is 184 Å². The first-order valence-corrected chi connectivity index (χ1v) is 12.1. The number of pyridine rings is 1. The highest BCUT2D eigenvalue weighted by atomic mass is 16.5. The molecule has 0 aliphatic heterocycles. The van der Waals surface area contributed by atoms with Gasteiger partial charge >= 0.3 is 5.97 Å². The molecule has 0 amide bonds. The number of esters is 1. The number of methoxy groups -OCH3 is 1. The average molecular weight is 421 g/mol. The lowest BCUT2D eigenvalue weighted by Crippen LogP contribution is -2.19. The van der Waals surface area contributed by atoms with Gasteiger partial charge in [0, 0.05) is 6.20 Å². The van der Waals surface area contributed by atoms with Gasteiger partial charge in [0.1, 0.15) is 18.1 Å². The van der Waals surface area contributed by atoms with Gasteiger partial charge in [0.25, 0.3) is 0 Å². The van der Waals surface area contributed by atoms with Crippen molar-refractivity contribution in [3.63, 3.8) is 0 Å². The van der Waals surface area contributed by atoms with E-state index >= 15 is 0 Å². The van der Waals surface area contributed by atoms with Gasteiger partial charge in [-0.05, 0) is 25.0 Å². The molecule has 1 atom stereocenters. The number of carbonyl (C=O) groups is 1. The van der Waals surface area contributed by atoms with Gasteiger partial charge in [0.15, 0.2) is 0 Å². The first-order valence-electron chi connectivity index (χ1n) is 12.1. The van der Waals surface area contributed by atoms with E-state index < -0.39 is 0 Å². The molecule has 172 valence electrons. The lowest BCUT2D eigenvalue weighted by Gasteiger charge is -2.19. The minimum absolute atomic E-state index is 0.264. The van der Waals surface area contributed by atoms with Gasteiger partial charge in [-0.15, -0.1) is 0 Å². The fourth-order valence-electron chi connectivity index (χ4n) is 3.66. The van der Waals surface area contributed by atoms with Crippen LogP contribution in [-0.4, -0.2) is 30.9 Å². The Balaban J connectivity index is 2.41. The molecule has 0 saturated carbocycles. The maximum absolute atomic E-state index is 11.9. The molecule has 5 heteroatoms. The van der Waals surface area contributed by atoms with Crippen LogP contribution >= 0.6 is 0 Å². The largest absolute Gasteiger partial charge is 0.465 e. The van der Waals surface area contributed by atoms with Crippen molar-refractivity contribution in [2.75, 3.05) is 19.2 Å². The summed E-state index contributed by atoms with van der Waals surface area (Å²) in [6.45, 7) is 4.87. The summed E-state index contributed by atoms with van der Waals surface area (Å²) in [7, 11) is 1.38. The van der Waals surface area contributed by atoms with Crippen LogP contribution in [0.1, 0.15) is 114 Å². The number of nitrogens with one attached hydrogen (secondary N) is 1. The van der Waals surface area contributed by atoms with Crippen molar-refractivity contribution in [2.24, 2.45) is 0 Å². The number of ether oxygens (including phenoxy) is 2. The van der Waals surface area contributed by atoms with Crippen LogP contribution in [0.5, 0.6) is 0 Å². The van der Waals surface area contributed by atoms with Crippen molar-refractivity contribution < 1.29 is 14.3 Å². The average Bonchev–Trinajstić information content (AvgIpc) is 2.77. The molecule has 1 heterocycles. The number of hydrogen-bond donors (Lipinski definition) is 1. The number of unbranched alkanes of at least 4 members (excludes halogenated alkanes) is 10. The van der Waals surface area contributed by atoms with Crippen LogP contribution in [0.15, 0.2) is 18.3 Å². The SMILES string of the molecule is CCCCCCCCCC(CCCCCCC)OCNc1ncccc1C(=O)OC. The van der Waals surface area contributed by atoms with E-state index in [2.05, 4.69) is 24.1 Å². The molecule has 0 aliphatic carbocycles. The fraction of sp³-hybridized carbons (Fsp3) is 0.760. The van der Waals surface area contributed by atoms with Crippen LogP contribution in [-0.2, 0) is 9.47 Å². The van der Waals surface area contributed by atoms with E-state index in [0.29, 0.717) is 18.1 Å². The summed E-state index contributed by atoms with van der Waals surface area (Å²) in [6.07, 6.45) is 19.8. The predicted molar refractivity (Wildman–Crippen MR) is 125 cm³/mol. The molecule has 1 aromatic rings. The normalized spacial score (nSPS) is 12.0. The molecule has 1 rings (SSSR count). The van der Waals surface area contributed by atoms with Crippen molar-refractivity contribution in [1.82, 2.24) is 4.98 Å². The standard InChI is InChI=1S/C25H44N2O3/c1-4-6-8-10-11-13-15-18-22(17-14-12-9-7-5-2)30-21-27-24-23(25(28)29-3)19-16-20-26-24/h16,19-20,22H,4-15,17-18,21H2,1-3H3,(H,26,27). The van der Waals surface area contributed by atoms with E-state index in [9.17, 15) is 4.79 Å². The first kappa shape index (κ1) is 26.4. The number of nitrogens with zero attached hydrogens (tertiary/aromatic N) is 1. The quantitative estimate of drug-likeness (QED) is 0.147. The molecular formula is C25H44N2O3. The smallest absolute Gasteiger partial charge is 0.341 e. The van der Waals surface area contributed by atoms with E-state index in [0.717, 1.165) is 12.8 Å². The van der Waals surface area contributed by atoms with Crippen molar-refractivity contribution in [2.45, 2.75) is 110 Å². The molecule has 0 aliphatic rings. The molecule has 1 N–H and O–H groups in total. The van der Waals surface area contributed by atoms with Gasteiger partial charge in [-0.2, -0.15) is 0 Å². The zero-order chi connectivity index (χ0) is 21.9. The summed E-state index contributed by atoms with van der Waals surface area (Å²) >= 11 is 0. The van der Waals surface area contributed by atoms with Gasteiger partial charge in [-0.3, -0.25) is 0 Å². The minimum Gasteiger partial charge on any atom is -0.465 e. The molecule has 0 saturated heterocycles. The molecule has 1 unspecified atom stereocenters. The van der Waals surface area contributed by atoms with Crippen LogP contribution in [0.25, 0.3) is 0 Å². The zero-order valence-corrected chi connectivity index (χ0v) is 19.6. The molecule has 0 bridgehead atoms. The maximum atomic E-state index is 11.9. The summed E-state index contributed by atoms with van der Waals surface area (Å²) in [5.74, 6) is 0.128. The third kappa shape index (κ3) is 12.2. The molecule has 0 fully saturated rings. The summed E-state index contributed by atoms with van der Waals surface area (Å²) in [4.78, 5) is 16.1. The van der Waals surface area contributed by atoms with E-state index in [4.69, 9.17) is 9.47 Å². The molecule has 0 spiro atoms. The Hall–Kier alpha value is -1.62. The number of anilines is 1. The van der Waals surface area contributed by atoms with Crippen molar-refractivity contribution in [1.29, 1.82) is 0 Å².